The minimum Gasteiger partial charge on any atom is -0.467 e. The summed E-state index contributed by atoms with van der Waals surface area (Å²) in [7, 11) is 1.80. The molecule has 100 valence electrons. The number of hydrogen-bond donors (Lipinski definition) is 2. The first-order valence-corrected chi connectivity index (χ1v) is 7.52. The molecule has 1 aromatic heterocycles. The molecule has 0 aromatic carbocycles. The second-order valence-electron chi connectivity index (χ2n) is 4.60. The van der Waals surface area contributed by atoms with Gasteiger partial charge in [-0.3, -0.25) is 4.99 Å². The zero-order valence-electron chi connectivity index (χ0n) is 11.0. The predicted octanol–water partition coefficient (Wildman–Crippen LogP) is 2.23. The number of guanidine groups is 1. The zero-order valence-corrected chi connectivity index (χ0v) is 11.8. The van der Waals surface area contributed by atoms with Crippen LogP contribution in [0.3, 0.4) is 0 Å². The van der Waals surface area contributed by atoms with Gasteiger partial charge >= 0.3 is 0 Å². The summed E-state index contributed by atoms with van der Waals surface area (Å²) in [4.78, 5) is 4.23. The predicted molar refractivity (Wildman–Crippen MR) is 77.0 cm³/mol. The van der Waals surface area contributed by atoms with Gasteiger partial charge in [0, 0.05) is 18.3 Å². The van der Waals surface area contributed by atoms with Gasteiger partial charge in [0.1, 0.15) is 5.76 Å². The first kappa shape index (κ1) is 13.3. The molecule has 1 aromatic rings. The average molecular weight is 267 g/mol. The van der Waals surface area contributed by atoms with E-state index in [1.54, 1.807) is 13.3 Å². The van der Waals surface area contributed by atoms with Gasteiger partial charge in [-0.05, 0) is 31.2 Å². The Hall–Kier alpha value is -1.10. The molecule has 18 heavy (non-hydrogen) atoms. The highest BCUT2D eigenvalue weighted by molar-refractivity contribution is 8.00. The van der Waals surface area contributed by atoms with E-state index in [0.717, 1.165) is 18.3 Å². The molecule has 5 heteroatoms. The first-order chi connectivity index (χ1) is 8.78. The number of nitrogens with zero attached hydrogens (tertiary/aromatic N) is 1. The lowest BCUT2D eigenvalue weighted by molar-refractivity contribution is 0.360. The lowest BCUT2D eigenvalue weighted by Gasteiger charge is -2.40. The van der Waals surface area contributed by atoms with Gasteiger partial charge in [0.25, 0.3) is 0 Å². The third kappa shape index (κ3) is 3.22. The lowest BCUT2D eigenvalue weighted by atomic mass is 9.84. The van der Waals surface area contributed by atoms with Crippen LogP contribution in [0.5, 0.6) is 0 Å². The summed E-state index contributed by atoms with van der Waals surface area (Å²) in [5.41, 5.74) is 0. The molecule has 0 aliphatic heterocycles. The molecule has 1 aliphatic rings. The highest BCUT2D eigenvalue weighted by atomic mass is 32.2. The van der Waals surface area contributed by atoms with Crippen LogP contribution in [0.4, 0.5) is 0 Å². The maximum atomic E-state index is 5.28. The van der Waals surface area contributed by atoms with Crippen LogP contribution in [0, 0.1) is 0 Å². The van der Waals surface area contributed by atoms with E-state index < -0.39 is 0 Å². The summed E-state index contributed by atoms with van der Waals surface area (Å²) in [6, 6.07) is 3.85. The zero-order chi connectivity index (χ0) is 12.8. The minimum atomic E-state index is 0.419. The third-order valence-corrected chi connectivity index (χ3v) is 4.93. The van der Waals surface area contributed by atoms with Gasteiger partial charge in [0.2, 0.25) is 0 Å². The fourth-order valence-electron chi connectivity index (χ4n) is 2.07. The van der Waals surface area contributed by atoms with Crippen molar-refractivity contribution in [2.45, 2.75) is 30.6 Å². The maximum absolute atomic E-state index is 5.28. The smallest absolute Gasteiger partial charge is 0.191 e. The van der Waals surface area contributed by atoms with Crippen LogP contribution in [0.2, 0.25) is 0 Å². The van der Waals surface area contributed by atoms with E-state index in [4.69, 9.17) is 4.42 Å². The Morgan fingerprint density at radius 1 is 1.50 bits per heavy atom. The molecule has 4 nitrogen and oxygen atoms in total. The first-order valence-electron chi connectivity index (χ1n) is 6.30. The number of rotatable bonds is 5. The van der Waals surface area contributed by atoms with Crippen LogP contribution < -0.4 is 10.6 Å². The number of aliphatic imine (C=N–C) groups is 1. The van der Waals surface area contributed by atoms with Crippen LogP contribution in [0.25, 0.3) is 0 Å². The van der Waals surface area contributed by atoms with E-state index in [1.165, 1.54) is 19.3 Å². The van der Waals surface area contributed by atoms with Crippen molar-refractivity contribution in [1.82, 2.24) is 10.6 Å². The van der Waals surface area contributed by atoms with Gasteiger partial charge in [0.05, 0.1) is 12.8 Å². The molecule has 0 spiro atoms. The van der Waals surface area contributed by atoms with Crippen LogP contribution in [-0.2, 0) is 6.54 Å². The van der Waals surface area contributed by atoms with Crippen LogP contribution in [-0.4, -0.2) is 30.6 Å². The van der Waals surface area contributed by atoms with Crippen molar-refractivity contribution >= 4 is 17.7 Å². The van der Waals surface area contributed by atoms with Crippen molar-refractivity contribution in [3.05, 3.63) is 24.2 Å². The Morgan fingerprint density at radius 3 is 2.83 bits per heavy atom. The van der Waals surface area contributed by atoms with Gasteiger partial charge in [-0.15, -0.1) is 0 Å². The van der Waals surface area contributed by atoms with Crippen LogP contribution in [0.15, 0.2) is 27.8 Å². The summed E-state index contributed by atoms with van der Waals surface area (Å²) < 4.78 is 5.70. The van der Waals surface area contributed by atoms with E-state index in [-0.39, 0.29) is 0 Å². The molecule has 0 atom stereocenters. The summed E-state index contributed by atoms with van der Waals surface area (Å²) in [5, 5.41) is 6.65. The average Bonchev–Trinajstić information content (AvgIpc) is 2.85. The summed E-state index contributed by atoms with van der Waals surface area (Å²) in [6.45, 7) is 1.64. The second-order valence-corrected chi connectivity index (χ2v) is 5.87. The molecule has 1 heterocycles. The molecule has 2 rings (SSSR count). The molecule has 1 aliphatic carbocycles. The van der Waals surface area contributed by atoms with Gasteiger partial charge < -0.3 is 15.1 Å². The quantitative estimate of drug-likeness (QED) is 0.634. The number of furan rings is 1. The molecule has 0 radical (unpaired) electrons. The van der Waals surface area contributed by atoms with Crippen molar-refractivity contribution in [1.29, 1.82) is 0 Å². The largest absolute Gasteiger partial charge is 0.467 e. The molecule has 0 amide bonds. The van der Waals surface area contributed by atoms with Gasteiger partial charge in [-0.1, -0.05) is 6.42 Å². The standard InChI is InChI=1S/C13H21N3OS/c1-14-12(15-9-11-5-3-8-17-11)16-10-13(18-2)6-4-7-13/h3,5,8H,4,6-7,9-10H2,1-2H3,(H2,14,15,16). The Kier molecular flexibility index (Phi) is 4.58. The highest BCUT2D eigenvalue weighted by Crippen LogP contribution is 2.42. The van der Waals surface area contributed by atoms with E-state index >= 15 is 0 Å². The topological polar surface area (TPSA) is 49.6 Å². The van der Waals surface area contributed by atoms with Crippen molar-refractivity contribution in [3.63, 3.8) is 0 Å². The fourth-order valence-corrected chi connectivity index (χ4v) is 2.99. The molecule has 0 saturated heterocycles. The van der Waals surface area contributed by atoms with Crippen LogP contribution >= 0.6 is 11.8 Å². The molecule has 1 saturated carbocycles. The van der Waals surface area contributed by atoms with E-state index in [2.05, 4.69) is 21.9 Å². The van der Waals surface area contributed by atoms with E-state index in [1.807, 2.05) is 23.9 Å². The van der Waals surface area contributed by atoms with Crippen molar-refractivity contribution in [2.24, 2.45) is 4.99 Å². The van der Waals surface area contributed by atoms with E-state index in [0.29, 0.717) is 11.3 Å². The van der Waals surface area contributed by atoms with Crippen LogP contribution in [0.1, 0.15) is 25.0 Å². The van der Waals surface area contributed by atoms with Crippen molar-refractivity contribution in [3.8, 4) is 0 Å². The SMILES string of the molecule is CN=C(NCc1ccco1)NCC1(SC)CCC1. The lowest BCUT2D eigenvalue weighted by Crippen LogP contribution is -2.48. The second kappa shape index (κ2) is 6.18. The Balaban J connectivity index is 1.76. The van der Waals surface area contributed by atoms with Gasteiger partial charge in [-0.25, -0.2) is 0 Å². The third-order valence-electron chi connectivity index (χ3n) is 3.51. The van der Waals surface area contributed by atoms with Gasteiger partial charge in [-0.2, -0.15) is 11.8 Å². The molecule has 0 unspecified atom stereocenters. The maximum Gasteiger partial charge on any atom is 0.191 e. The summed E-state index contributed by atoms with van der Waals surface area (Å²) >= 11 is 1.96. The Bertz CT molecular complexity index is 379. The van der Waals surface area contributed by atoms with Gasteiger partial charge in [0.15, 0.2) is 5.96 Å². The minimum absolute atomic E-state index is 0.419. The molecular formula is C13H21N3OS. The van der Waals surface area contributed by atoms with Crippen molar-refractivity contribution in [2.75, 3.05) is 19.8 Å². The number of hydrogen-bond acceptors (Lipinski definition) is 3. The molecule has 0 bridgehead atoms. The summed E-state index contributed by atoms with van der Waals surface area (Å²) in [5.74, 6) is 1.76. The monoisotopic (exact) mass is 267 g/mol. The molecule has 1 fully saturated rings. The molecular weight excluding hydrogens is 246 g/mol. The molecule has 2 N–H and O–H groups in total. The normalized spacial score (nSPS) is 18.2. The number of thioether (sulfide) groups is 1. The van der Waals surface area contributed by atoms with Crippen molar-refractivity contribution < 1.29 is 4.42 Å². The summed E-state index contributed by atoms with van der Waals surface area (Å²) in [6.07, 6.45) is 7.83. The highest BCUT2D eigenvalue weighted by Gasteiger charge is 2.35. The number of nitrogens with one attached hydrogen (secondary N) is 2. The fraction of sp³-hybridized carbons (Fsp3) is 0.615. The van der Waals surface area contributed by atoms with E-state index in [9.17, 15) is 0 Å². The Labute approximate surface area is 113 Å². The Morgan fingerprint density at radius 2 is 2.33 bits per heavy atom.